The molecule has 0 radical (unpaired) electrons. The highest BCUT2D eigenvalue weighted by Crippen LogP contribution is 2.47. The third-order valence-electron chi connectivity index (χ3n) is 2.76. The molecule has 1 fully saturated rings. The lowest BCUT2D eigenvalue weighted by Gasteiger charge is -2.01. The maximum atomic E-state index is 9.57. The van der Waals surface area contributed by atoms with Gasteiger partial charge in [-0.15, -0.1) is 12.3 Å². The third kappa shape index (κ3) is 1.69. The number of rotatable bonds is 3. The second-order valence-corrected chi connectivity index (χ2v) is 3.98. The zero-order valence-corrected chi connectivity index (χ0v) is 8.23. The largest absolute Gasteiger partial charge is 0.463 e. The van der Waals surface area contributed by atoms with Crippen molar-refractivity contribution in [1.29, 1.82) is 0 Å². The van der Waals surface area contributed by atoms with Crippen molar-refractivity contribution in [3.8, 4) is 12.3 Å². The number of terminal acetylenes is 1. The predicted octanol–water partition coefficient (Wildman–Crippen LogP) is 2.46. The van der Waals surface area contributed by atoms with Crippen LogP contribution in [0.25, 0.3) is 0 Å². The Balaban J connectivity index is 2.06. The van der Waals surface area contributed by atoms with Crippen molar-refractivity contribution in [2.45, 2.75) is 31.8 Å². The Hall–Kier alpha value is -1.20. The van der Waals surface area contributed by atoms with Crippen LogP contribution in [0.2, 0.25) is 0 Å². The minimum absolute atomic E-state index is 0.313. The van der Waals surface area contributed by atoms with Gasteiger partial charge in [-0.25, -0.2) is 0 Å². The van der Waals surface area contributed by atoms with E-state index in [0.717, 1.165) is 11.7 Å². The van der Waals surface area contributed by atoms with Crippen molar-refractivity contribution in [1.82, 2.24) is 0 Å². The summed E-state index contributed by atoms with van der Waals surface area (Å²) in [5.41, 5.74) is 0. The molecule has 0 aliphatic heterocycles. The SMILES string of the molecule is C#CCC(O)c1ccc(C2CC2C)o1. The molecule has 74 valence electrons. The first-order valence-electron chi connectivity index (χ1n) is 4.93. The third-order valence-corrected chi connectivity index (χ3v) is 2.76. The molecule has 1 N–H and O–H groups in total. The number of furan rings is 1. The van der Waals surface area contributed by atoms with Crippen LogP contribution in [-0.2, 0) is 0 Å². The monoisotopic (exact) mass is 190 g/mol. The smallest absolute Gasteiger partial charge is 0.133 e. The molecule has 0 amide bonds. The number of hydrogen-bond acceptors (Lipinski definition) is 2. The van der Waals surface area contributed by atoms with Gasteiger partial charge < -0.3 is 9.52 Å². The molecule has 1 aliphatic carbocycles. The summed E-state index contributed by atoms with van der Waals surface area (Å²) in [7, 11) is 0. The van der Waals surface area contributed by atoms with Gasteiger partial charge in [0.1, 0.15) is 17.6 Å². The van der Waals surface area contributed by atoms with Gasteiger partial charge in [0.2, 0.25) is 0 Å². The molecule has 0 aromatic carbocycles. The first kappa shape index (κ1) is 9.36. The van der Waals surface area contributed by atoms with Crippen LogP contribution in [0, 0.1) is 18.3 Å². The Kier molecular flexibility index (Phi) is 2.35. The summed E-state index contributed by atoms with van der Waals surface area (Å²) in [6, 6.07) is 3.77. The Morgan fingerprint density at radius 3 is 3.00 bits per heavy atom. The molecule has 3 unspecified atom stereocenters. The van der Waals surface area contributed by atoms with Gasteiger partial charge in [-0.2, -0.15) is 0 Å². The summed E-state index contributed by atoms with van der Waals surface area (Å²) in [5, 5.41) is 9.57. The zero-order chi connectivity index (χ0) is 10.1. The molecule has 2 heteroatoms. The van der Waals surface area contributed by atoms with Crippen LogP contribution in [0.1, 0.15) is 43.3 Å². The van der Waals surface area contributed by atoms with Gasteiger partial charge in [0.05, 0.1) is 0 Å². The highest BCUT2D eigenvalue weighted by molar-refractivity contribution is 5.19. The lowest BCUT2D eigenvalue weighted by molar-refractivity contribution is 0.153. The molecule has 1 aromatic rings. The molecule has 1 saturated carbocycles. The van der Waals surface area contributed by atoms with E-state index in [1.807, 2.05) is 12.1 Å². The van der Waals surface area contributed by atoms with E-state index in [0.29, 0.717) is 18.1 Å². The second-order valence-electron chi connectivity index (χ2n) is 3.98. The van der Waals surface area contributed by atoms with Gasteiger partial charge in [0, 0.05) is 12.3 Å². The van der Waals surface area contributed by atoms with Crippen molar-refractivity contribution < 1.29 is 9.52 Å². The highest BCUT2D eigenvalue weighted by atomic mass is 16.4. The molecule has 0 saturated heterocycles. The predicted molar refractivity (Wildman–Crippen MR) is 53.6 cm³/mol. The first-order valence-corrected chi connectivity index (χ1v) is 4.93. The van der Waals surface area contributed by atoms with Crippen LogP contribution in [-0.4, -0.2) is 5.11 Å². The molecular weight excluding hydrogens is 176 g/mol. The van der Waals surface area contributed by atoms with Gasteiger partial charge in [0.25, 0.3) is 0 Å². The lowest BCUT2D eigenvalue weighted by atomic mass is 10.2. The van der Waals surface area contributed by atoms with E-state index in [1.165, 1.54) is 6.42 Å². The maximum Gasteiger partial charge on any atom is 0.133 e. The summed E-state index contributed by atoms with van der Waals surface area (Å²) in [4.78, 5) is 0. The van der Waals surface area contributed by atoms with Gasteiger partial charge >= 0.3 is 0 Å². The minimum atomic E-state index is -0.650. The molecule has 0 spiro atoms. The molecule has 3 atom stereocenters. The quantitative estimate of drug-likeness (QED) is 0.743. The number of aliphatic hydroxyl groups excluding tert-OH is 1. The van der Waals surface area contributed by atoms with Crippen LogP contribution in [0.4, 0.5) is 0 Å². The number of aliphatic hydroxyl groups is 1. The normalized spacial score (nSPS) is 26.9. The van der Waals surface area contributed by atoms with Crippen LogP contribution in [0.15, 0.2) is 16.5 Å². The molecule has 2 nitrogen and oxygen atoms in total. The Morgan fingerprint density at radius 2 is 2.43 bits per heavy atom. The average Bonchev–Trinajstić information content (AvgIpc) is 2.70. The summed E-state index contributed by atoms with van der Waals surface area (Å²) in [5.74, 6) is 5.28. The molecule has 0 bridgehead atoms. The van der Waals surface area contributed by atoms with E-state index in [1.54, 1.807) is 0 Å². The summed E-state index contributed by atoms with van der Waals surface area (Å²) in [6.07, 6.45) is 5.97. The minimum Gasteiger partial charge on any atom is -0.463 e. The molecule has 2 rings (SSSR count). The highest BCUT2D eigenvalue weighted by Gasteiger charge is 2.36. The van der Waals surface area contributed by atoms with E-state index in [9.17, 15) is 5.11 Å². The van der Waals surface area contributed by atoms with E-state index < -0.39 is 6.10 Å². The fraction of sp³-hybridized carbons (Fsp3) is 0.500. The molecule has 1 aromatic heterocycles. The van der Waals surface area contributed by atoms with Crippen LogP contribution in [0.5, 0.6) is 0 Å². The Bertz CT molecular complexity index is 359. The standard InChI is InChI=1S/C12H14O2/c1-3-4-10(13)12-6-5-11(14-12)9-7-8(9)2/h1,5-6,8-10,13H,4,7H2,2H3. The summed E-state index contributed by atoms with van der Waals surface area (Å²) >= 11 is 0. The first-order chi connectivity index (χ1) is 6.72. The summed E-state index contributed by atoms with van der Waals surface area (Å²) in [6.45, 7) is 2.20. The maximum absolute atomic E-state index is 9.57. The van der Waals surface area contributed by atoms with Crippen molar-refractivity contribution in [3.05, 3.63) is 23.7 Å². The Labute approximate surface area is 83.9 Å². The molecule has 14 heavy (non-hydrogen) atoms. The van der Waals surface area contributed by atoms with Crippen molar-refractivity contribution in [3.63, 3.8) is 0 Å². The van der Waals surface area contributed by atoms with E-state index in [2.05, 4.69) is 12.8 Å². The lowest BCUT2D eigenvalue weighted by Crippen LogP contribution is -1.92. The van der Waals surface area contributed by atoms with Gasteiger partial charge in [-0.05, 0) is 24.5 Å². The van der Waals surface area contributed by atoms with E-state index in [-0.39, 0.29) is 0 Å². The van der Waals surface area contributed by atoms with E-state index >= 15 is 0 Å². The van der Waals surface area contributed by atoms with Gasteiger partial charge in [-0.3, -0.25) is 0 Å². The van der Waals surface area contributed by atoms with Gasteiger partial charge in [-0.1, -0.05) is 6.92 Å². The molecule has 1 heterocycles. The van der Waals surface area contributed by atoms with Crippen LogP contribution in [0.3, 0.4) is 0 Å². The molecule has 1 aliphatic rings. The van der Waals surface area contributed by atoms with Crippen molar-refractivity contribution in [2.75, 3.05) is 0 Å². The fourth-order valence-corrected chi connectivity index (χ4v) is 1.68. The fourth-order valence-electron chi connectivity index (χ4n) is 1.68. The topological polar surface area (TPSA) is 33.4 Å². The van der Waals surface area contributed by atoms with Crippen LogP contribution < -0.4 is 0 Å². The van der Waals surface area contributed by atoms with Crippen molar-refractivity contribution >= 4 is 0 Å². The summed E-state index contributed by atoms with van der Waals surface area (Å²) < 4.78 is 5.55. The van der Waals surface area contributed by atoms with Crippen molar-refractivity contribution in [2.24, 2.45) is 5.92 Å². The average molecular weight is 190 g/mol. The Morgan fingerprint density at radius 1 is 1.71 bits per heavy atom. The van der Waals surface area contributed by atoms with Gasteiger partial charge in [0.15, 0.2) is 0 Å². The number of hydrogen-bond donors (Lipinski definition) is 1. The zero-order valence-electron chi connectivity index (χ0n) is 8.23. The van der Waals surface area contributed by atoms with E-state index in [4.69, 9.17) is 10.8 Å². The van der Waals surface area contributed by atoms with Crippen LogP contribution >= 0.6 is 0 Å². The second kappa shape index (κ2) is 3.51. The molecular formula is C12H14O2.